The summed E-state index contributed by atoms with van der Waals surface area (Å²) in [5.41, 5.74) is 6.30. The summed E-state index contributed by atoms with van der Waals surface area (Å²) in [5, 5.41) is 9.24. The van der Waals surface area contributed by atoms with Crippen LogP contribution in [0.5, 0.6) is 0 Å². The van der Waals surface area contributed by atoms with E-state index < -0.39 is 5.97 Å². The molecule has 0 saturated heterocycles. The highest BCUT2D eigenvalue weighted by Crippen LogP contribution is 2.25. The molecule has 0 aromatic heterocycles. The molecule has 3 nitrogen and oxygen atoms in total. The number of carbonyl (C=O) groups is 1. The highest BCUT2D eigenvalue weighted by molar-refractivity contribution is 6.31. The summed E-state index contributed by atoms with van der Waals surface area (Å²) in [7, 11) is 0. The Labute approximate surface area is 99.6 Å². The molecule has 1 aromatic carbocycles. The van der Waals surface area contributed by atoms with Crippen LogP contribution in [0.1, 0.15) is 17.9 Å². The van der Waals surface area contributed by atoms with Crippen LogP contribution in [0, 0.1) is 0 Å². The number of hydrogen-bond acceptors (Lipinski definition) is 2. The largest absolute Gasteiger partial charge is 0.481 e. The molecule has 0 aliphatic rings. The molecule has 0 amide bonds. The Morgan fingerprint density at radius 2 is 2.07 bits per heavy atom. The van der Waals surface area contributed by atoms with Gasteiger partial charge in [-0.3, -0.25) is 4.79 Å². The Morgan fingerprint density at radius 3 is 2.53 bits per heavy atom. The summed E-state index contributed by atoms with van der Waals surface area (Å²) in [6.45, 7) is 0.288. The molecule has 0 heterocycles. The number of aliphatic carboxylic acids is 1. The summed E-state index contributed by atoms with van der Waals surface area (Å²) < 4.78 is 0. The van der Waals surface area contributed by atoms with E-state index in [4.69, 9.17) is 22.4 Å². The van der Waals surface area contributed by atoms with Gasteiger partial charge in [0.05, 0.1) is 6.42 Å². The van der Waals surface area contributed by atoms with Gasteiger partial charge in [0.25, 0.3) is 0 Å². The third-order valence-corrected chi connectivity index (χ3v) is 2.39. The molecule has 0 fully saturated rings. The van der Waals surface area contributed by atoms with Crippen molar-refractivity contribution in [2.75, 3.05) is 6.54 Å². The Kier molecular flexibility index (Phi) is 6.32. The fourth-order valence-corrected chi connectivity index (χ4v) is 1.63. The van der Waals surface area contributed by atoms with Gasteiger partial charge in [-0.1, -0.05) is 29.8 Å². The zero-order chi connectivity index (χ0) is 10.6. The Balaban J connectivity index is 0.00000196. The fourth-order valence-electron chi connectivity index (χ4n) is 1.34. The maximum atomic E-state index is 10.6. The Bertz CT molecular complexity index is 331. The molecule has 0 spiro atoms. The lowest BCUT2D eigenvalue weighted by molar-refractivity contribution is -0.137. The fraction of sp³-hybridized carbons (Fsp3) is 0.300. The third kappa shape index (κ3) is 4.08. The highest BCUT2D eigenvalue weighted by atomic mass is 35.5. The minimum atomic E-state index is -0.861. The second-order valence-electron chi connectivity index (χ2n) is 3.05. The molecule has 1 unspecified atom stereocenters. The van der Waals surface area contributed by atoms with Gasteiger partial charge in [0.15, 0.2) is 0 Å². The van der Waals surface area contributed by atoms with Gasteiger partial charge in [0.2, 0.25) is 0 Å². The maximum Gasteiger partial charge on any atom is 0.304 e. The molecule has 0 radical (unpaired) electrons. The molecule has 84 valence electrons. The van der Waals surface area contributed by atoms with Crippen molar-refractivity contribution >= 4 is 30.0 Å². The van der Waals surface area contributed by atoms with E-state index in [1.165, 1.54) is 0 Å². The van der Waals surface area contributed by atoms with Crippen molar-refractivity contribution in [3.05, 3.63) is 34.9 Å². The van der Waals surface area contributed by atoms with Gasteiger partial charge in [0.1, 0.15) is 0 Å². The van der Waals surface area contributed by atoms with Crippen molar-refractivity contribution in [2.45, 2.75) is 12.3 Å². The summed E-state index contributed by atoms with van der Waals surface area (Å²) in [6.07, 6.45) is 0.0141. The van der Waals surface area contributed by atoms with Crippen molar-refractivity contribution in [3.63, 3.8) is 0 Å². The van der Waals surface area contributed by atoms with E-state index >= 15 is 0 Å². The number of halogens is 2. The first-order valence-corrected chi connectivity index (χ1v) is 4.69. The molecule has 1 atom stereocenters. The van der Waals surface area contributed by atoms with Gasteiger partial charge in [-0.25, -0.2) is 0 Å². The first-order valence-electron chi connectivity index (χ1n) is 4.31. The van der Waals surface area contributed by atoms with Gasteiger partial charge in [-0.2, -0.15) is 0 Å². The van der Waals surface area contributed by atoms with Crippen LogP contribution in [0.2, 0.25) is 5.02 Å². The van der Waals surface area contributed by atoms with Crippen molar-refractivity contribution in [1.29, 1.82) is 0 Å². The molecule has 1 aromatic rings. The predicted molar refractivity (Wildman–Crippen MR) is 62.7 cm³/mol. The van der Waals surface area contributed by atoms with Gasteiger partial charge < -0.3 is 10.8 Å². The Hall–Kier alpha value is -0.770. The SMILES string of the molecule is Cl.NCC(CC(=O)O)c1ccccc1Cl. The van der Waals surface area contributed by atoms with E-state index in [0.29, 0.717) is 5.02 Å². The normalized spacial score (nSPS) is 11.6. The number of nitrogens with two attached hydrogens (primary N) is 1. The van der Waals surface area contributed by atoms with Crippen LogP contribution in [0.15, 0.2) is 24.3 Å². The second kappa shape index (κ2) is 6.67. The van der Waals surface area contributed by atoms with E-state index in [1.807, 2.05) is 12.1 Å². The molecule has 0 saturated carbocycles. The zero-order valence-corrected chi connectivity index (χ0v) is 9.59. The van der Waals surface area contributed by atoms with Crippen molar-refractivity contribution in [1.82, 2.24) is 0 Å². The van der Waals surface area contributed by atoms with E-state index in [0.717, 1.165) is 5.56 Å². The van der Waals surface area contributed by atoms with E-state index in [1.54, 1.807) is 12.1 Å². The average Bonchev–Trinajstić information content (AvgIpc) is 2.15. The number of benzene rings is 1. The monoisotopic (exact) mass is 249 g/mol. The Morgan fingerprint density at radius 1 is 1.47 bits per heavy atom. The molecule has 5 heteroatoms. The number of carboxylic acids is 1. The highest BCUT2D eigenvalue weighted by Gasteiger charge is 2.15. The number of hydrogen-bond donors (Lipinski definition) is 2. The number of rotatable bonds is 4. The topological polar surface area (TPSA) is 63.3 Å². The lowest BCUT2D eigenvalue weighted by Gasteiger charge is -2.13. The molecule has 0 aliphatic heterocycles. The van der Waals surface area contributed by atoms with Crippen LogP contribution >= 0.6 is 24.0 Å². The van der Waals surface area contributed by atoms with Crippen molar-refractivity contribution in [2.24, 2.45) is 5.73 Å². The second-order valence-corrected chi connectivity index (χ2v) is 3.46. The van der Waals surface area contributed by atoms with Crippen LogP contribution in [0.4, 0.5) is 0 Å². The summed E-state index contributed by atoms with van der Waals surface area (Å²) in [6, 6.07) is 7.18. The van der Waals surface area contributed by atoms with Crippen LogP contribution < -0.4 is 5.73 Å². The van der Waals surface area contributed by atoms with Gasteiger partial charge in [-0.15, -0.1) is 12.4 Å². The first kappa shape index (κ1) is 14.2. The van der Waals surface area contributed by atoms with Crippen LogP contribution in [-0.4, -0.2) is 17.6 Å². The maximum absolute atomic E-state index is 10.6. The molecule has 0 bridgehead atoms. The van der Waals surface area contributed by atoms with E-state index in [9.17, 15) is 4.79 Å². The van der Waals surface area contributed by atoms with Crippen molar-refractivity contribution in [3.8, 4) is 0 Å². The third-order valence-electron chi connectivity index (χ3n) is 2.05. The van der Waals surface area contributed by atoms with Crippen LogP contribution in [0.3, 0.4) is 0 Å². The van der Waals surface area contributed by atoms with Crippen LogP contribution in [-0.2, 0) is 4.79 Å². The molecule has 0 aliphatic carbocycles. The van der Waals surface area contributed by atoms with E-state index in [2.05, 4.69) is 0 Å². The average molecular weight is 250 g/mol. The van der Waals surface area contributed by atoms with Crippen molar-refractivity contribution < 1.29 is 9.90 Å². The first-order chi connectivity index (χ1) is 6.65. The molecular formula is C10H13Cl2NO2. The minimum absolute atomic E-state index is 0. The van der Waals surface area contributed by atoms with Gasteiger partial charge in [0, 0.05) is 10.9 Å². The summed E-state index contributed by atoms with van der Waals surface area (Å²) in [4.78, 5) is 10.6. The molecular weight excluding hydrogens is 237 g/mol. The molecule has 1 rings (SSSR count). The molecule has 3 N–H and O–H groups in total. The van der Waals surface area contributed by atoms with Gasteiger partial charge in [-0.05, 0) is 18.2 Å². The summed E-state index contributed by atoms with van der Waals surface area (Å²) in [5.74, 6) is -1.07. The van der Waals surface area contributed by atoms with Crippen LogP contribution in [0.25, 0.3) is 0 Å². The minimum Gasteiger partial charge on any atom is -0.481 e. The smallest absolute Gasteiger partial charge is 0.304 e. The van der Waals surface area contributed by atoms with Gasteiger partial charge >= 0.3 is 5.97 Å². The lowest BCUT2D eigenvalue weighted by Crippen LogP contribution is -2.16. The molecule has 15 heavy (non-hydrogen) atoms. The van der Waals surface area contributed by atoms with E-state index in [-0.39, 0.29) is 31.3 Å². The number of carboxylic acid groups (broad SMARTS) is 1. The standard InChI is InChI=1S/C10H12ClNO2.ClH/c11-9-4-2-1-3-8(9)7(6-12)5-10(13)14;/h1-4,7H,5-6,12H2,(H,13,14);1H. The summed E-state index contributed by atoms with van der Waals surface area (Å²) >= 11 is 5.93. The lowest BCUT2D eigenvalue weighted by atomic mass is 9.96. The zero-order valence-electron chi connectivity index (χ0n) is 8.02. The predicted octanol–water partition coefficient (Wildman–Crippen LogP) is 2.28. The quantitative estimate of drug-likeness (QED) is 0.861.